The number of carbonyl (C=O) groups excluding carboxylic acids is 1. The van der Waals surface area contributed by atoms with Crippen molar-refractivity contribution in [3.63, 3.8) is 0 Å². The van der Waals surface area contributed by atoms with E-state index < -0.39 is 35.7 Å². The first-order valence-electron chi connectivity index (χ1n) is 11.6. The van der Waals surface area contributed by atoms with Crippen molar-refractivity contribution in [2.24, 2.45) is 0 Å². The van der Waals surface area contributed by atoms with E-state index in [1.54, 1.807) is 12.3 Å². The van der Waals surface area contributed by atoms with Crippen LogP contribution in [0.3, 0.4) is 0 Å². The average molecular weight is 559 g/mol. The van der Waals surface area contributed by atoms with Crippen LogP contribution in [-0.2, 0) is 0 Å². The summed E-state index contributed by atoms with van der Waals surface area (Å²) in [6.45, 7) is -0.503. The van der Waals surface area contributed by atoms with Crippen molar-refractivity contribution in [1.29, 1.82) is 0 Å². The van der Waals surface area contributed by atoms with E-state index in [0.29, 0.717) is 34.1 Å². The fraction of sp³-hybridized carbons (Fsp3) is 0.320. The first-order chi connectivity index (χ1) is 17.1. The fourth-order valence-corrected chi connectivity index (χ4v) is 4.93. The van der Waals surface area contributed by atoms with Crippen molar-refractivity contribution in [1.82, 2.24) is 15.3 Å². The molecule has 0 bridgehead atoms. The predicted octanol–water partition coefficient (Wildman–Crippen LogP) is 3.21. The minimum absolute atomic E-state index is 0.116. The van der Waals surface area contributed by atoms with Crippen molar-refractivity contribution < 1.29 is 23.8 Å². The van der Waals surface area contributed by atoms with E-state index in [9.17, 15) is 19.4 Å². The van der Waals surface area contributed by atoms with Gasteiger partial charge < -0.3 is 21.3 Å². The first-order valence-corrected chi connectivity index (χ1v) is 12.4. The zero-order valence-corrected chi connectivity index (χ0v) is 21.2. The summed E-state index contributed by atoms with van der Waals surface area (Å²) in [6.07, 6.45) is 4.43. The van der Waals surface area contributed by atoms with Crippen LogP contribution in [0, 0.1) is 11.6 Å². The molecule has 7 nitrogen and oxygen atoms in total. The lowest BCUT2D eigenvalue weighted by Gasteiger charge is -2.33. The van der Waals surface area contributed by atoms with Gasteiger partial charge in [0.15, 0.2) is 0 Å². The Hall–Kier alpha value is -2.89. The Labute approximate surface area is 216 Å². The van der Waals surface area contributed by atoms with E-state index in [1.165, 1.54) is 24.3 Å². The smallest absolute Gasteiger partial charge is 0.254 e. The lowest BCUT2D eigenvalue weighted by atomic mass is 9.67. The molecule has 1 saturated carbocycles. The highest BCUT2D eigenvalue weighted by molar-refractivity contribution is 9.10. The molecule has 5 N–H and O–H groups in total. The number of hydrogen-bond acceptors (Lipinski definition) is 6. The van der Waals surface area contributed by atoms with Crippen LogP contribution >= 0.6 is 15.9 Å². The zero-order chi connectivity index (χ0) is 26.0. The molecule has 0 radical (unpaired) electrons. The van der Waals surface area contributed by atoms with Gasteiger partial charge in [0.25, 0.3) is 5.91 Å². The summed E-state index contributed by atoms with van der Waals surface area (Å²) >= 11 is 3.18. The second-order valence-electron chi connectivity index (χ2n) is 9.41. The summed E-state index contributed by atoms with van der Waals surface area (Å²) in [7, 11) is 1.82. The average Bonchev–Trinajstić information content (AvgIpc) is 2.82. The van der Waals surface area contributed by atoms with Crippen LogP contribution in [0.1, 0.15) is 59.3 Å². The molecule has 188 valence electrons. The van der Waals surface area contributed by atoms with Crippen LogP contribution in [0.15, 0.2) is 47.1 Å². The molecule has 11 heteroatoms. The van der Waals surface area contributed by atoms with Crippen LogP contribution in [0.5, 0.6) is 0 Å². The largest absolute Gasteiger partial charge is 0.399 e. The Kier molecular flexibility index (Phi) is 7.72. The Morgan fingerprint density at radius 2 is 1.97 bits per heavy atom. The minimum Gasteiger partial charge on any atom is -0.399 e. The normalized spacial score (nSPS) is 20.6. The number of amides is 1. The highest BCUT2D eigenvalue weighted by Crippen LogP contribution is 2.37. The topological polar surface area (TPSA) is 121 Å². The first kappa shape index (κ1) is 26.2. The van der Waals surface area contributed by atoms with Gasteiger partial charge in [0, 0.05) is 21.5 Å². The minimum atomic E-state index is -0.932. The number of carbonyl (C=O) groups is 1. The van der Waals surface area contributed by atoms with Gasteiger partial charge in [-0.3, -0.25) is 4.79 Å². The molecule has 1 aliphatic carbocycles. The van der Waals surface area contributed by atoms with E-state index in [2.05, 4.69) is 31.2 Å². The molecule has 0 spiro atoms. The number of benzene rings is 2. The number of halogens is 3. The Bertz CT molecular complexity index is 1260. The summed E-state index contributed by atoms with van der Waals surface area (Å²) < 4.78 is 29.2. The van der Waals surface area contributed by atoms with Gasteiger partial charge in [0.1, 0.15) is 31.0 Å². The molecule has 1 atom stereocenters. The van der Waals surface area contributed by atoms with E-state index in [4.69, 9.17) is 5.73 Å². The standard InChI is InChI=1S/C25H26BBrF2N4O3/c26-25(36)5-3-13(4-6-25)20-11-31-23(30)22(32-20)14-1-2-18(19(29)9-14)24(35)33-21(12-34)15-7-16(27)10-17(28)8-15/h1-2,7-11,13,21,34,36H,3-6,12,26H2,(H2,30,31)(H,33,35)/t13-,21-,25-/m1/s1. The van der Waals surface area contributed by atoms with E-state index in [0.717, 1.165) is 24.6 Å². The Morgan fingerprint density at radius 1 is 1.25 bits per heavy atom. The van der Waals surface area contributed by atoms with Crippen molar-refractivity contribution >= 4 is 35.5 Å². The van der Waals surface area contributed by atoms with E-state index in [-0.39, 0.29) is 17.3 Å². The zero-order valence-electron chi connectivity index (χ0n) is 19.6. The van der Waals surface area contributed by atoms with Crippen molar-refractivity contribution in [3.8, 4) is 11.3 Å². The molecular weight excluding hydrogens is 533 g/mol. The fourth-order valence-electron chi connectivity index (χ4n) is 4.45. The summed E-state index contributed by atoms with van der Waals surface area (Å²) in [5, 5.41) is 22.5. The van der Waals surface area contributed by atoms with Gasteiger partial charge in [-0.25, -0.2) is 18.7 Å². The number of aliphatic hydroxyl groups is 2. The van der Waals surface area contributed by atoms with Gasteiger partial charge in [-0.2, -0.15) is 0 Å². The molecule has 0 unspecified atom stereocenters. The van der Waals surface area contributed by atoms with Crippen molar-refractivity contribution in [3.05, 3.63) is 75.5 Å². The molecule has 4 rings (SSSR count). The predicted molar refractivity (Wildman–Crippen MR) is 138 cm³/mol. The molecule has 1 fully saturated rings. The monoisotopic (exact) mass is 558 g/mol. The number of rotatable bonds is 6. The Balaban J connectivity index is 1.55. The number of nitrogens with one attached hydrogen (secondary N) is 1. The summed E-state index contributed by atoms with van der Waals surface area (Å²) in [5.41, 5.74) is 6.85. The number of anilines is 1. The van der Waals surface area contributed by atoms with Crippen molar-refractivity contribution in [2.45, 2.75) is 43.1 Å². The van der Waals surface area contributed by atoms with Gasteiger partial charge in [0.05, 0.1) is 30.1 Å². The molecule has 0 aliphatic heterocycles. The Morgan fingerprint density at radius 3 is 2.61 bits per heavy atom. The van der Waals surface area contributed by atoms with Crippen LogP contribution in [0.25, 0.3) is 11.3 Å². The highest BCUT2D eigenvalue weighted by Gasteiger charge is 2.30. The maximum atomic E-state index is 15.0. The van der Waals surface area contributed by atoms with Gasteiger partial charge >= 0.3 is 0 Å². The van der Waals surface area contributed by atoms with Crippen LogP contribution in [0.4, 0.5) is 14.6 Å². The summed E-state index contributed by atoms with van der Waals surface area (Å²) in [5.74, 6) is -1.86. The van der Waals surface area contributed by atoms with Crippen molar-refractivity contribution in [2.75, 3.05) is 12.3 Å². The third kappa shape index (κ3) is 5.91. The third-order valence-electron chi connectivity index (χ3n) is 6.56. The van der Waals surface area contributed by atoms with Gasteiger partial charge in [-0.05, 0) is 61.6 Å². The third-order valence-corrected chi connectivity index (χ3v) is 7.02. The number of nitrogens with zero attached hydrogens (tertiary/aromatic N) is 2. The molecule has 36 heavy (non-hydrogen) atoms. The molecule has 1 aliphatic rings. The van der Waals surface area contributed by atoms with Gasteiger partial charge in [-0.15, -0.1) is 0 Å². The van der Waals surface area contributed by atoms with Gasteiger partial charge in [-0.1, -0.05) is 22.0 Å². The van der Waals surface area contributed by atoms with Crippen LogP contribution in [0.2, 0.25) is 0 Å². The molecule has 1 aromatic heterocycles. The molecule has 1 heterocycles. The maximum absolute atomic E-state index is 15.0. The number of aromatic nitrogens is 2. The molecular formula is C25H26BBrF2N4O3. The quantitative estimate of drug-likeness (QED) is 0.345. The SMILES string of the molecule is B[C@]1(O)CC[C@H](c2cnc(N)c(-c3ccc(C(=O)N[C@H](CO)c4cc(F)cc(Br)c4)c(F)c3)n2)CC1. The summed E-state index contributed by atoms with van der Waals surface area (Å²) in [6, 6.07) is 7.07. The summed E-state index contributed by atoms with van der Waals surface area (Å²) in [4.78, 5) is 21.6. The van der Waals surface area contributed by atoms with E-state index in [1.807, 2.05) is 7.85 Å². The molecule has 3 aromatic rings. The van der Waals surface area contributed by atoms with Gasteiger partial charge in [0.2, 0.25) is 0 Å². The maximum Gasteiger partial charge on any atom is 0.254 e. The molecule has 0 saturated heterocycles. The molecule has 2 aromatic carbocycles. The number of hydrogen-bond donors (Lipinski definition) is 4. The van der Waals surface area contributed by atoms with Crippen LogP contribution in [-0.4, -0.2) is 46.0 Å². The number of nitrogens with two attached hydrogens (primary N) is 1. The second-order valence-corrected chi connectivity index (χ2v) is 10.3. The molecule has 1 amide bonds. The van der Waals surface area contributed by atoms with E-state index >= 15 is 4.39 Å². The number of aliphatic hydroxyl groups excluding tert-OH is 1. The lowest BCUT2D eigenvalue weighted by Crippen LogP contribution is -2.33. The number of nitrogen functional groups attached to an aromatic ring is 1. The second kappa shape index (κ2) is 10.6. The highest BCUT2D eigenvalue weighted by atomic mass is 79.9. The lowest BCUT2D eigenvalue weighted by molar-refractivity contribution is 0.0784. The van der Waals surface area contributed by atoms with Crippen LogP contribution < -0.4 is 11.1 Å².